The van der Waals surface area contributed by atoms with Crippen molar-refractivity contribution in [2.45, 2.75) is 25.7 Å². The second-order valence-electron chi connectivity index (χ2n) is 4.52. The summed E-state index contributed by atoms with van der Waals surface area (Å²) in [5.74, 6) is 1.68. The highest BCUT2D eigenvalue weighted by Crippen LogP contribution is 2.24. The van der Waals surface area contributed by atoms with Gasteiger partial charge in [0.15, 0.2) is 5.65 Å². The van der Waals surface area contributed by atoms with Gasteiger partial charge in [-0.05, 0) is 44.5 Å². The van der Waals surface area contributed by atoms with E-state index in [1.807, 2.05) is 6.07 Å². The van der Waals surface area contributed by atoms with Crippen molar-refractivity contribution >= 4 is 5.65 Å². The number of rotatable bonds is 1. The van der Waals surface area contributed by atoms with Crippen LogP contribution in [-0.2, 0) is 0 Å². The van der Waals surface area contributed by atoms with E-state index in [-0.39, 0.29) is 0 Å². The minimum Gasteiger partial charge on any atom is -0.317 e. The van der Waals surface area contributed by atoms with Gasteiger partial charge in [0.2, 0.25) is 0 Å². The van der Waals surface area contributed by atoms with Crippen LogP contribution in [0.1, 0.15) is 30.1 Å². The molecular weight excluding hydrogens is 200 g/mol. The van der Waals surface area contributed by atoms with Gasteiger partial charge in [0.05, 0.1) is 0 Å². The fourth-order valence-electron chi connectivity index (χ4n) is 2.37. The van der Waals surface area contributed by atoms with Crippen molar-refractivity contribution in [1.82, 2.24) is 19.9 Å². The summed E-state index contributed by atoms with van der Waals surface area (Å²) < 4.78 is 2.14. The third kappa shape index (κ3) is 1.59. The van der Waals surface area contributed by atoms with Gasteiger partial charge in [0.25, 0.3) is 0 Å². The van der Waals surface area contributed by atoms with E-state index < -0.39 is 0 Å². The fourth-order valence-corrected chi connectivity index (χ4v) is 2.37. The number of pyridine rings is 1. The molecule has 1 aliphatic rings. The van der Waals surface area contributed by atoms with Crippen molar-refractivity contribution in [1.29, 1.82) is 0 Å². The molecule has 1 saturated heterocycles. The van der Waals surface area contributed by atoms with Gasteiger partial charge in [0, 0.05) is 12.1 Å². The second kappa shape index (κ2) is 3.87. The summed E-state index contributed by atoms with van der Waals surface area (Å²) in [4.78, 5) is 0. The zero-order chi connectivity index (χ0) is 11.0. The molecule has 1 N–H and O–H groups in total. The molecule has 2 aromatic heterocycles. The van der Waals surface area contributed by atoms with E-state index in [0.29, 0.717) is 5.92 Å². The first-order chi connectivity index (χ1) is 7.84. The Balaban J connectivity index is 2.05. The molecule has 1 aliphatic heterocycles. The number of piperidine rings is 1. The highest BCUT2D eigenvalue weighted by molar-refractivity contribution is 5.39. The third-order valence-electron chi connectivity index (χ3n) is 3.28. The molecular formula is C12H16N4. The van der Waals surface area contributed by atoms with Crippen LogP contribution in [0, 0.1) is 6.92 Å². The largest absolute Gasteiger partial charge is 0.317 e. The average molecular weight is 216 g/mol. The molecule has 4 heteroatoms. The van der Waals surface area contributed by atoms with Gasteiger partial charge in [-0.2, -0.15) is 0 Å². The van der Waals surface area contributed by atoms with Gasteiger partial charge in [-0.1, -0.05) is 6.07 Å². The van der Waals surface area contributed by atoms with Crippen LogP contribution >= 0.6 is 0 Å². The summed E-state index contributed by atoms with van der Waals surface area (Å²) in [6.07, 6.45) is 4.45. The van der Waals surface area contributed by atoms with E-state index in [1.54, 1.807) is 0 Å². The summed E-state index contributed by atoms with van der Waals surface area (Å²) in [6, 6.07) is 4.11. The molecule has 0 aromatic carbocycles. The molecule has 1 fully saturated rings. The number of fused-ring (bicyclic) bond motifs is 1. The van der Waals surface area contributed by atoms with E-state index in [2.05, 4.69) is 39.1 Å². The molecule has 0 saturated carbocycles. The predicted octanol–water partition coefficient (Wildman–Crippen LogP) is 1.50. The highest BCUT2D eigenvalue weighted by atomic mass is 15.2. The lowest BCUT2D eigenvalue weighted by atomic mass is 9.97. The number of aryl methyl sites for hydroxylation is 1. The van der Waals surface area contributed by atoms with E-state index >= 15 is 0 Å². The molecule has 3 rings (SSSR count). The summed E-state index contributed by atoms with van der Waals surface area (Å²) >= 11 is 0. The van der Waals surface area contributed by atoms with Crippen LogP contribution in [0.2, 0.25) is 0 Å². The highest BCUT2D eigenvalue weighted by Gasteiger charge is 2.20. The van der Waals surface area contributed by atoms with Crippen LogP contribution in [0.4, 0.5) is 0 Å². The molecule has 0 bridgehead atoms. The Labute approximate surface area is 94.7 Å². The summed E-state index contributed by atoms with van der Waals surface area (Å²) in [5.41, 5.74) is 2.21. The van der Waals surface area contributed by atoms with Gasteiger partial charge in [0.1, 0.15) is 5.82 Å². The first-order valence-corrected chi connectivity index (χ1v) is 5.86. The maximum atomic E-state index is 4.35. The van der Waals surface area contributed by atoms with Gasteiger partial charge < -0.3 is 5.32 Å². The van der Waals surface area contributed by atoms with Gasteiger partial charge >= 0.3 is 0 Å². The van der Waals surface area contributed by atoms with E-state index in [0.717, 1.165) is 37.4 Å². The molecule has 0 spiro atoms. The monoisotopic (exact) mass is 216 g/mol. The lowest BCUT2D eigenvalue weighted by Crippen LogP contribution is -2.27. The minimum absolute atomic E-state index is 0.554. The normalized spacial score (nSPS) is 18.1. The van der Waals surface area contributed by atoms with Crippen LogP contribution < -0.4 is 5.32 Å². The maximum Gasteiger partial charge on any atom is 0.160 e. The number of hydrogen-bond acceptors (Lipinski definition) is 3. The van der Waals surface area contributed by atoms with Crippen LogP contribution in [0.3, 0.4) is 0 Å². The molecule has 4 nitrogen and oxygen atoms in total. The molecule has 3 heterocycles. The first-order valence-electron chi connectivity index (χ1n) is 5.86. The summed E-state index contributed by atoms with van der Waals surface area (Å²) in [6.45, 7) is 4.28. The zero-order valence-electron chi connectivity index (χ0n) is 9.48. The topological polar surface area (TPSA) is 42.2 Å². The Hall–Kier alpha value is -1.42. The van der Waals surface area contributed by atoms with Crippen LogP contribution in [0.5, 0.6) is 0 Å². The Kier molecular flexibility index (Phi) is 2.36. The molecule has 0 unspecified atom stereocenters. The van der Waals surface area contributed by atoms with Gasteiger partial charge in [-0.15, -0.1) is 10.2 Å². The molecule has 16 heavy (non-hydrogen) atoms. The van der Waals surface area contributed by atoms with Crippen LogP contribution in [-0.4, -0.2) is 27.7 Å². The van der Waals surface area contributed by atoms with Crippen molar-refractivity contribution in [3.8, 4) is 0 Å². The summed E-state index contributed by atoms with van der Waals surface area (Å²) in [5, 5.41) is 12.0. The standard InChI is InChI=1S/C12H16N4/c1-9-2-3-11-14-15-12(16(11)8-9)10-4-6-13-7-5-10/h2-3,8,10,13H,4-7H2,1H3. The number of nitrogens with zero attached hydrogens (tertiary/aromatic N) is 3. The quantitative estimate of drug-likeness (QED) is 0.785. The molecule has 2 aromatic rings. The van der Waals surface area contributed by atoms with Gasteiger partial charge in [-0.25, -0.2) is 0 Å². The van der Waals surface area contributed by atoms with Crippen LogP contribution in [0.25, 0.3) is 5.65 Å². The predicted molar refractivity (Wildman–Crippen MR) is 62.6 cm³/mol. The van der Waals surface area contributed by atoms with Crippen molar-refractivity contribution in [2.24, 2.45) is 0 Å². The molecule has 0 aliphatic carbocycles. The Bertz CT molecular complexity index is 497. The SMILES string of the molecule is Cc1ccc2nnc(C3CCNCC3)n2c1. The minimum atomic E-state index is 0.554. The van der Waals surface area contributed by atoms with E-state index in [9.17, 15) is 0 Å². The van der Waals surface area contributed by atoms with Crippen molar-refractivity contribution in [3.05, 3.63) is 29.7 Å². The van der Waals surface area contributed by atoms with Crippen molar-refractivity contribution in [2.75, 3.05) is 13.1 Å². The lowest BCUT2D eigenvalue weighted by molar-refractivity contribution is 0.442. The first kappa shape index (κ1) is 9.78. The third-order valence-corrected chi connectivity index (χ3v) is 3.28. The Morgan fingerprint density at radius 1 is 1.25 bits per heavy atom. The number of aromatic nitrogens is 3. The molecule has 0 radical (unpaired) electrons. The van der Waals surface area contributed by atoms with Crippen LogP contribution in [0.15, 0.2) is 18.3 Å². The maximum absolute atomic E-state index is 4.35. The van der Waals surface area contributed by atoms with Gasteiger partial charge in [-0.3, -0.25) is 4.40 Å². The van der Waals surface area contributed by atoms with Crippen molar-refractivity contribution in [3.63, 3.8) is 0 Å². The summed E-state index contributed by atoms with van der Waals surface area (Å²) in [7, 11) is 0. The average Bonchev–Trinajstić information content (AvgIpc) is 2.73. The lowest BCUT2D eigenvalue weighted by Gasteiger charge is -2.20. The number of hydrogen-bond donors (Lipinski definition) is 1. The van der Waals surface area contributed by atoms with Crippen molar-refractivity contribution < 1.29 is 0 Å². The number of nitrogens with one attached hydrogen (secondary N) is 1. The second-order valence-corrected chi connectivity index (χ2v) is 4.52. The smallest absolute Gasteiger partial charge is 0.160 e. The molecule has 84 valence electrons. The fraction of sp³-hybridized carbons (Fsp3) is 0.500. The Morgan fingerprint density at radius 3 is 2.88 bits per heavy atom. The Morgan fingerprint density at radius 2 is 2.06 bits per heavy atom. The molecule has 0 atom stereocenters. The molecule has 0 amide bonds. The van der Waals surface area contributed by atoms with E-state index in [4.69, 9.17) is 0 Å². The zero-order valence-corrected chi connectivity index (χ0v) is 9.48. The van der Waals surface area contributed by atoms with E-state index in [1.165, 1.54) is 5.56 Å².